The summed E-state index contributed by atoms with van der Waals surface area (Å²) in [7, 11) is 0. The molecule has 1 aliphatic carbocycles. The average molecular weight is 264 g/mol. The van der Waals surface area contributed by atoms with Crippen molar-refractivity contribution in [2.45, 2.75) is 26.2 Å². The first-order valence-electron chi connectivity index (χ1n) is 3.42. The minimum absolute atomic E-state index is 0. The Hall–Kier alpha value is 0.934. The van der Waals surface area contributed by atoms with Gasteiger partial charge in [0.05, 0.1) is 0 Å². The minimum atomic E-state index is 0. The summed E-state index contributed by atoms with van der Waals surface area (Å²) in [6.07, 6.45) is 8.16. The van der Waals surface area contributed by atoms with Gasteiger partial charge in [-0.3, -0.25) is 0 Å². The molecule has 0 bridgehead atoms. The third kappa shape index (κ3) is 5.56. The van der Waals surface area contributed by atoms with E-state index in [0.29, 0.717) is 0 Å². The van der Waals surface area contributed by atoms with Gasteiger partial charge in [0.25, 0.3) is 0 Å². The van der Waals surface area contributed by atoms with Gasteiger partial charge in [0, 0.05) is 0 Å². The molecule has 0 aliphatic heterocycles. The second kappa shape index (κ2) is 10.0. The van der Waals surface area contributed by atoms with Crippen LogP contribution < -0.4 is 37.2 Å². The van der Waals surface area contributed by atoms with Crippen molar-refractivity contribution in [1.82, 2.24) is 0 Å². The molecule has 0 nitrogen and oxygen atoms in total. The third-order valence-corrected chi connectivity index (χ3v) is 2.25. The summed E-state index contributed by atoms with van der Waals surface area (Å²) in [6.45, 7) is 2.22. The van der Waals surface area contributed by atoms with Gasteiger partial charge in [0.1, 0.15) is 0 Å². The van der Waals surface area contributed by atoms with Crippen molar-refractivity contribution >= 4 is 0 Å². The molecule has 0 aromatic heterocycles. The summed E-state index contributed by atoms with van der Waals surface area (Å²) in [6, 6.07) is 0. The van der Waals surface area contributed by atoms with Crippen LogP contribution >= 0.6 is 0 Å². The fraction of sp³-hybridized carbons (Fsp3) is 0.500. The molecule has 1 aliphatic rings. The molecule has 0 saturated heterocycles. The molecule has 0 atom stereocenters. The zero-order valence-electron chi connectivity index (χ0n) is 6.86. The smallest absolute Gasteiger partial charge is 1.00 e. The third-order valence-electron chi connectivity index (χ3n) is 1.52. The first kappa shape index (κ1) is 18.7. The number of hydrogen-bond donors (Lipinski definition) is 0. The van der Waals surface area contributed by atoms with Crippen LogP contribution in [-0.4, -0.2) is 0 Å². The molecule has 4 heteroatoms. The van der Waals surface area contributed by atoms with Crippen LogP contribution in [-0.2, 0) is 17.4 Å². The summed E-state index contributed by atoms with van der Waals surface area (Å²) >= 11 is 2.66. The molecule has 0 fully saturated rings. The van der Waals surface area contributed by atoms with E-state index in [2.05, 4.69) is 36.5 Å². The van der Waals surface area contributed by atoms with E-state index in [1.807, 2.05) is 0 Å². The van der Waals surface area contributed by atoms with Crippen LogP contribution in [0, 0.1) is 0 Å². The summed E-state index contributed by atoms with van der Waals surface area (Å²) in [4.78, 5) is 0. The molecule has 1 rings (SSSR count). The monoisotopic (exact) mass is 263 g/mol. The topological polar surface area (TPSA) is 0 Å². The molecule has 0 unspecified atom stereocenters. The maximum absolute atomic E-state index is 2.66. The predicted molar refractivity (Wildman–Crippen MR) is 35.7 cm³/mol. The second-order valence-electron chi connectivity index (χ2n) is 2.33. The molecule has 0 radical (unpaired) electrons. The Morgan fingerprint density at radius 2 is 1.92 bits per heavy atom. The average Bonchev–Trinajstić information content (AvgIpc) is 2.18. The normalized spacial score (nSPS) is 13.2. The summed E-state index contributed by atoms with van der Waals surface area (Å²) < 4.78 is 1.50. The Morgan fingerprint density at radius 3 is 2.25 bits per heavy atom. The van der Waals surface area contributed by atoms with Gasteiger partial charge in [-0.1, -0.05) is 0 Å². The van der Waals surface area contributed by atoms with Gasteiger partial charge in [-0.15, -0.1) is 0 Å². The fourth-order valence-electron chi connectivity index (χ4n) is 1.04. The van der Waals surface area contributed by atoms with Crippen molar-refractivity contribution < 1.29 is 54.6 Å². The van der Waals surface area contributed by atoms with E-state index in [4.69, 9.17) is 0 Å². The molecule has 0 amide bonds. The van der Waals surface area contributed by atoms with E-state index in [-0.39, 0.29) is 37.2 Å². The van der Waals surface area contributed by atoms with Crippen molar-refractivity contribution in [2.24, 2.45) is 0 Å². The van der Waals surface area contributed by atoms with Gasteiger partial charge in [0.15, 0.2) is 0 Å². The van der Waals surface area contributed by atoms with Crippen LogP contribution in [0.25, 0.3) is 0 Å². The second-order valence-corrected chi connectivity index (χ2v) is 3.17. The first-order valence-corrected chi connectivity index (χ1v) is 4.12. The van der Waals surface area contributed by atoms with E-state index >= 15 is 0 Å². The van der Waals surface area contributed by atoms with Gasteiger partial charge in [-0.25, -0.2) is 0 Å². The Morgan fingerprint density at radius 1 is 1.33 bits per heavy atom. The van der Waals surface area contributed by atoms with Gasteiger partial charge in [0.2, 0.25) is 0 Å². The standard InChI is InChI=1S/C8H11.3ClH.V/c1-2-5-8-6-3-4-7-8;;;;/h3,6H,2,4-5H2,1H3;3*1H;/q;;;;+3/p-3. The van der Waals surface area contributed by atoms with Crippen LogP contribution in [0.5, 0.6) is 0 Å². The molecular formula is C8H11Cl3V. The summed E-state index contributed by atoms with van der Waals surface area (Å²) in [5.74, 6) is 0. The predicted octanol–water partition coefficient (Wildman–Crippen LogP) is -6.44. The maximum atomic E-state index is 2.66. The number of hydrogen-bond acceptors (Lipinski definition) is 0. The van der Waals surface area contributed by atoms with Crippen molar-refractivity contribution in [3.05, 3.63) is 22.0 Å². The molecule has 0 aromatic rings. The number of halogens is 3. The van der Waals surface area contributed by atoms with Gasteiger partial charge in [-0.2, -0.15) is 0 Å². The largest absolute Gasteiger partial charge is 1.00 e. The molecule has 69 valence electrons. The van der Waals surface area contributed by atoms with Gasteiger partial charge in [-0.05, 0) is 0 Å². The SMILES string of the molecule is CCCC1=[C]([V+3])CC=C1.[Cl-].[Cl-].[Cl-]. The molecule has 0 spiro atoms. The van der Waals surface area contributed by atoms with E-state index < -0.39 is 0 Å². The minimum Gasteiger partial charge on any atom is -1.00 e. The fourth-order valence-corrected chi connectivity index (χ4v) is 1.49. The summed E-state index contributed by atoms with van der Waals surface area (Å²) in [5, 5.41) is 0. The van der Waals surface area contributed by atoms with Gasteiger partial charge >= 0.3 is 65.6 Å². The van der Waals surface area contributed by atoms with E-state index in [0.717, 1.165) is 6.42 Å². The molecule has 0 aromatic carbocycles. The zero-order valence-corrected chi connectivity index (χ0v) is 10.5. The van der Waals surface area contributed by atoms with Crippen LogP contribution in [0.1, 0.15) is 26.2 Å². The maximum Gasteiger partial charge on any atom is -1.00 e. The Balaban J connectivity index is -0.000000270. The number of allylic oxidation sites excluding steroid dienone is 4. The molecule has 12 heavy (non-hydrogen) atoms. The first-order chi connectivity index (χ1) is 4.34. The van der Waals surface area contributed by atoms with Crippen molar-refractivity contribution in [3.63, 3.8) is 0 Å². The Labute approximate surface area is 102 Å². The van der Waals surface area contributed by atoms with Crippen LogP contribution in [0.4, 0.5) is 0 Å². The number of rotatable bonds is 2. The Bertz CT molecular complexity index is 164. The molecular weight excluding hydrogens is 253 g/mol. The van der Waals surface area contributed by atoms with Crippen LogP contribution in [0.3, 0.4) is 0 Å². The van der Waals surface area contributed by atoms with Crippen molar-refractivity contribution in [1.29, 1.82) is 0 Å². The van der Waals surface area contributed by atoms with Gasteiger partial charge < -0.3 is 37.2 Å². The van der Waals surface area contributed by atoms with E-state index in [1.54, 1.807) is 0 Å². The van der Waals surface area contributed by atoms with E-state index in [9.17, 15) is 0 Å². The van der Waals surface area contributed by atoms with Crippen molar-refractivity contribution in [2.75, 3.05) is 0 Å². The van der Waals surface area contributed by atoms with Crippen LogP contribution in [0.15, 0.2) is 22.0 Å². The quantitative estimate of drug-likeness (QED) is 0.465. The molecule has 0 N–H and O–H groups in total. The molecule has 0 saturated carbocycles. The summed E-state index contributed by atoms with van der Waals surface area (Å²) in [5.41, 5.74) is 1.54. The van der Waals surface area contributed by atoms with Crippen molar-refractivity contribution in [3.8, 4) is 0 Å². The zero-order chi connectivity index (χ0) is 6.69. The Kier molecular flexibility index (Phi) is 15.6. The van der Waals surface area contributed by atoms with Crippen LogP contribution in [0.2, 0.25) is 0 Å². The van der Waals surface area contributed by atoms with E-state index in [1.165, 1.54) is 22.7 Å². The molecule has 0 heterocycles.